The minimum absolute atomic E-state index is 0.0481. The fourth-order valence-electron chi connectivity index (χ4n) is 2.81. The van der Waals surface area contributed by atoms with Crippen LogP contribution in [0.25, 0.3) is 0 Å². The lowest BCUT2D eigenvalue weighted by atomic mass is 10.0. The zero-order valence-corrected chi connectivity index (χ0v) is 12.9. The second-order valence-corrected chi connectivity index (χ2v) is 6.17. The van der Waals surface area contributed by atoms with Crippen molar-refractivity contribution >= 4 is 6.03 Å². The zero-order valence-electron chi connectivity index (χ0n) is 12.9. The Kier molecular flexibility index (Phi) is 6.22. The van der Waals surface area contributed by atoms with Gasteiger partial charge in [0, 0.05) is 18.6 Å². The summed E-state index contributed by atoms with van der Waals surface area (Å²) in [6.07, 6.45) is 1.22. The Morgan fingerprint density at radius 2 is 2.10 bits per heavy atom. The highest BCUT2D eigenvalue weighted by atomic mass is 16.5. The summed E-state index contributed by atoms with van der Waals surface area (Å²) in [6.45, 7) is 6.65. The Bertz CT molecular complexity index is 334. The molecule has 0 saturated carbocycles. The molecule has 0 radical (unpaired) electrons. The smallest absolute Gasteiger partial charge is 0.315 e. The molecule has 0 spiro atoms. The number of urea groups is 1. The van der Waals surface area contributed by atoms with Crippen molar-refractivity contribution in [1.29, 1.82) is 0 Å². The fourth-order valence-corrected chi connectivity index (χ4v) is 2.81. The number of carbonyl (C=O) groups is 1. The van der Waals surface area contributed by atoms with Gasteiger partial charge in [0.25, 0.3) is 0 Å². The molecule has 2 aliphatic rings. The lowest BCUT2D eigenvalue weighted by Crippen LogP contribution is -2.51. The molecular formula is C14H28N4O3. The van der Waals surface area contributed by atoms with Crippen LogP contribution >= 0.6 is 0 Å². The molecule has 0 aromatic carbocycles. The molecule has 2 amide bonds. The van der Waals surface area contributed by atoms with Crippen molar-refractivity contribution in [3.8, 4) is 0 Å². The highest BCUT2D eigenvalue weighted by molar-refractivity contribution is 5.74. The van der Waals surface area contributed by atoms with Gasteiger partial charge >= 0.3 is 6.03 Å². The van der Waals surface area contributed by atoms with Crippen LogP contribution < -0.4 is 21.3 Å². The van der Waals surface area contributed by atoms with Gasteiger partial charge in [-0.05, 0) is 39.8 Å². The van der Waals surface area contributed by atoms with E-state index in [0.29, 0.717) is 19.2 Å². The van der Waals surface area contributed by atoms with Crippen molar-refractivity contribution < 1.29 is 14.6 Å². The summed E-state index contributed by atoms with van der Waals surface area (Å²) in [4.78, 5) is 11.5. The number of aliphatic hydroxyl groups excluding tert-OH is 1. The van der Waals surface area contributed by atoms with Gasteiger partial charge in [-0.3, -0.25) is 0 Å². The number of amides is 2. The second kappa shape index (κ2) is 7.93. The normalized spacial score (nSPS) is 30.6. The predicted octanol–water partition coefficient (Wildman–Crippen LogP) is -0.836. The van der Waals surface area contributed by atoms with Gasteiger partial charge in [0.1, 0.15) is 6.10 Å². The van der Waals surface area contributed by atoms with Crippen molar-refractivity contribution in [2.24, 2.45) is 0 Å². The van der Waals surface area contributed by atoms with Gasteiger partial charge in [0.2, 0.25) is 0 Å². The Hall–Kier alpha value is -0.890. The molecule has 5 N–H and O–H groups in total. The minimum Gasteiger partial charge on any atom is -0.389 e. The molecule has 2 aliphatic heterocycles. The third kappa shape index (κ3) is 5.10. The summed E-state index contributed by atoms with van der Waals surface area (Å²) in [5.74, 6) is 0. The Balaban J connectivity index is 1.70. The van der Waals surface area contributed by atoms with E-state index in [9.17, 15) is 9.90 Å². The third-order valence-corrected chi connectivity index (χ3v) is 3.96. The third-order valence-electron chi connectivity index (χ3n) is 3.96. The quantitative estimate of drug-likeness (QED) is 0.457. The first-order valence-electron chi connectivity index (χ1n) is 7.87. The summed E-state index contributed by atoms with van der Waals surface area (Å²) in [5.41, 5.74) is 0. The van der Waals surface area contributed by atoms with Crippen molar-refractivity contribution in [2.75, 3.05) is 26.2 Å². The van der Waals surface area contributed by atoms with E-state index in [1.807, 2.05) is 13.8 Å². The molecule has 0 aliphatic carbocycles. The maximum absolute atomic E-state index is 11.5. The molecular weight excluding hydrogens is 272 g/mol. The van der Waals surface area contributed by atoms with Crippen LogP contribution in [0.5, 0.6) is 0 Å². The average molecular weight is 300 g/mol. The van der Waals surface area contributed by atoms with Crippen LogP contribution in [0.1, 0.15) is 26.7 Å². The molecule has 2 fully saturated rings. The molecule has 3 unspecified atom stereocenters. The van der Waals surface area contributed by atoms with Crippen molar-refractivity contribution in [3.05, 3.63) is 0 Å². The van der Waals surface area contributed by atoms with E-state index in [2.05, 4.69) is 21.3 Å². The van der Waals surface area contributed by atoms with Gasteiger partial charge in [-0.2, -0.15) is 0 Å². The van der Waals surface area contributed by atoms with Gasteiger partial charge in [0.05, 0.1) is 18.8 Å². The molecule has 2 rings (SSSR count). The van der Waals surface area contributed by atoms with E-state index < -0.39 is 6.10 Å². The van der Waals surface area contributed by atoms with Crippen LogP contribution in [-0.4, -0.2) is 67.7 Å². The number of ether oxygens (including phenoxy) is 1. The fraction of sp³-hybridized carbons (Fsp3) is 0.929. The first kappa shape index (κ1) is 16.5. The molecule has 7 heteroatoms. The van der Waals surface area contributed by atoms with Gasteiger partial charge in [-0.1, -0.05) is 0 Å². The molecule has 0 aromatic heterocycles. The topological polar surface area (TPSA) is 94.7 Å². The standard InChI is InChI=1S/C14H28N4O3/c1-9(2)17-14(20)16-7-12-13(19)11(8-21-12)18-10-3-5-15-6-4-10/h9-13,15,18-19H,3-8H2,1-2H3,(H2,16,17,20). The zero-order chi connectivity index (χ0) is 15.2. The minimum atomic E-state index is -0.584. The first-order valence-corrected chi connectivity index (χ1v) is 7.87. The molecule has 21 heavy (non-hydrogen) atoms. The summed E-state index contributed by atoms with van der Waals surface area (Å²) >= 11 is 0. The second-order valence-electron chi connectivity index (χ2n) is 6.17. The number of nitrogens with one attached hydrogen (secondary N) is 4. The van der Waals surface area contributed by atoms with Crippen molar-refractivity contribution in [2.45, 2.75) is 57.0 Å². The average Bonchev–Trinajstić information content (AvgIpc) is 2.78. The summed E-state index contributed by atoms with van der Waals surface area (Å²) < 4.78 is 5.60. The number of hydrogen-bond donors (Lipinski definition) is 5. The van der Waals surface area contributed by atoms with E-state index in [0.717, 1.165) is 25.9 Å². The number of rotatable bonds is 5. The Labute approximate surface area is 126 Å². The molecule has 122 valence electrons. The van der Waals surface area contributed by atoms with E-state index in [4.69, 9.17) is 4.74 Å². The van der Waals surface area contributed by atoms with E-state index >= 15 is 0 Å². The van der Waals surface area contributed by atoms with Crippen molar-refractivity contribution in [1.82, 2.24) is 21.3 Å². The van der Waals surface area contributed by atoms with E-state index in [1.165, 1.54) is 0 Å². The van der Waals surface area contributed by atoms with Crippen molar-refractivity contribution in [3.63, 3.8) is 0 Å². The molecule has 3 atom stereocenters. The van der Waals surface area contributed by atoms with E-state index in [1.54, 1.807) is 0 Å². The van der Waals surface area contributed by atoms with Crippen LogP contribution in [0.2, 0.25) is 0 Å². The molecule has 2 saturated heterocycles. The number of hydrogen-bond acceptors (Lipinski definition) is 5. The van der Waals surface area contributed by atoms with Crippen LogP contribution in [-0.2, 0) is 4.74 Å². The number of aliphatic hydroxyl groups is 1. The maximum Gasteiger partial charge on any atom is 0.315 e. The predicted molar refractivity (Wildman–Crippen MR) is 80.2 cm³/mol. The maximum atomic E-state index is 11.5. The summed E-state index contributed by atoms with van der Waals surface area (Å²) in [6, 6.07) is 0.253. The largest absolute Gasteiger partial charge is 0.389 e. The van der Waals surface area contributed by atoms with Crippen LogP contribution in [0.3, 0.4) is 0 Å². The van der Waals surface area contributed by atoms with Crippen LogP contribution in [0.4, 0.5) is 4.79 Å². The summed E-state index contributed by atoms with van der Waals surface area (Å²) in [7, 11) is 0. The van der Waals surface area contributed by atoms with Crippen LogP contribution in [0, 0.1) is 0 Å². The highest BCUT2D eigenvalue weighted by Gasteiger charge is 2.37. The summed E-state index contributed by atoms with van der Waals surface area (Å²) in [5, 5.41) is 22.6. The lowest BCUT2D eigenvalue weighted by Gasteiger charge is -2.28. The Morgan fingerprint density at radius 3 is 2.76 bits per heavy atom. The lowest BCUT2D eigenvalue weighted by molar-refractivity contribution is 0.0420. The highest BCUT2D eigenvalue weighted by Crippen LogP contribution is 2.16. The van der Waals surface area contributed by atoms with Gasteiger partial charge in [0.15, 0.2) is 0 Å². The first-order chi connectivity index (χ1) is 10.1. The number of carbonyl (C=O) groups excluding carboxylic acids is 1. The van der Waals surface area contributed by atoms with Gasteiger partial charge in [-0.15, -0.1) is 0 Å². The SMILES string of the molecule is CC(C)NC(=O)NCC1OCC(NC2CCNCC2)C1O. The molecule has 7 nitrogen and oxygen atoms in total. The Morgan fingerprint density at radius 1 is 1.38 bits per heavy atom. The van der Waals surface area contributed by atoms with Crippen LogP contribution in [0.15, 0.2) is 0 Å². The van der Waals surface area contributed by atoms with Gasteiger partial charge in [-0.25, -0.2) is 4.79 Å². The van der Waals surface area contributed by atoms with Gasteiger partial charge < -0.3 is 31.1 Å². The molecule has 0 bridgehead atoms. The monoisotopic (exact) mass is 300 g/mol. The molecule has 0 aromatic rings. The molecule has 2 heterocycles. The number of piperidine rings is 1. The van der Waals surface area contributed by atoms with E-state index in [-0.39, 0.29) is 24.2 Å².